The van der Waals surface area contributed by atoms with E-state index in [9.17, 15) is 4.79 Å². The van der Waals surface area contributed by atoms with Crippen molar-refractivity contribution >= 4 is 6.29 Å². The molecule has 0 aromatic carbocycles. The third-order valence-corrected chi connectivity index (χ3v) is 0.482. The summed E-state index contributed by atoms with van der Waals surface area (Å²) in [5, 5.41) is 8.39. The fourth-order valence-corrected chi connectivity index (χ4v) is 0.140. The van der Waals surface area contributed by atoms with Crippen LogP contribution in [0.15, 0.2) is 11.8 Å². The first-order valence-electron chi connectivity index (χ1n) is 1.86. The van der Waals surface area contributed by atoms with Crippen LogP contribution in [-0.4, -0.2) is 11.4 Å². The van der Waals surface area contributed by atoms with Gasteiger partial charge in [0.2, 0.25) is 0 Å². The summed E-state index contributed by atoms with van der Waals surface area (Å²) in [6, 6.07) is 0. The summed E-state index contributed by atoms with van der Waals surface area (Å²) >= 11 is 0. The number of aliphatic hydroxyl groups excluding tert-OH is 1. The maximum absolute atomic E-state index is 9.38. The summed E-state index contributed by atoms with van der Waals surface area (Å²) < 4.78 is 0. The van der Waals surface area contributed by atoms with Gasteiger partial charge in [-0.3, -0.25) is 0 Å². The Bertz CT molecular complexity index is 88.4. The van der Waals surface area contributed by atoms with E-state index in [0.717, 1.165) is 6.08 Å². The maximum atomic E-state index is 9.38. The van der Waals surface area contributed by atoms with E-state index in [1.54, 1.807) is 0 Å². The normalized spacial score (nSPS) is 9.88. The number of carbonyl (C=O) groups excluding carboxylic acids is 1. The monoisotopic (exact) mass is 187 g/mol. The summed E-state index contributed by atoms with van der Waals surface area (Å²) in [6.07, 6.45) is 2.61. The largest absolute Gasteiger partial charge is 0.599 e. The van der Waals surface area contributed by atoms with Crippen molar-refractivity contribution in [3.63, 3.8) is 0 Å². The summed E-state index contributed by atoms with van der Waals surface area (Å²) in [6.45, 7) is 3.31. The fourth-order valence-electron chi connectivity index (χ4n) is 0.140. The summed E-state index contributed by atoms with van der Waals surface area (Å²) in [7, 11) is 0. The van der Waals surface area contributed by atoms with Crippen LogP contribution in [0.1, 0.15) is 6.42 Å². The molecule has 1 N–H and O–H groups in total. The van der Waals surface area contributed by atoms with Crippen LogP contribution in [0, 0.1) is 6.92 Å². The van der Waals surface area contributed by atoms with Gasteiger partial charge in [-0.2, -0.15) is 12.5 Å². The molecule has 8 heavy (non-hydrogen) atoms. The van der Waals surface area contributed by atoms with Crippen molar-refractivity contribution < 1.29 is 42.6 Å². The Hall–Kier alpha value is 0.314. The molecule has 0 amide bonds. The summed E-state index contributed by atoms with van der Waals surface area (Å²) in [5.41, 5.74) is 0. The van der Waals surface area contributed by atoms with Crippen LogP contribution in [0.3, 0.4) is 0 Å². The van der Waals surface area contributed by atoms with Crippen LogP contribution < -0.4 is 0 Å². The molecule has 0 spiro atoms. The Morgan fingerprint density at radius 2 is 2.38 bits per heavy atom. The third-order valence-electron chi connectivity index (χ3n) is 0.482. The third kappa shape index (κ3) is 6.31. The van der Waals surface area contributed by atoms with Gasteiger partial charge >= 0.3 is 0 Å². The van der Waals surface area contributed by atoms with Crippen LogP contribution in [0.4, 0.5) is 0 Å². The molecule has 43 valence electrons. The molecule has 0 bridgehead atoms. The molecule has 2 nitrogen and oxygen atoms in total. The van der Waals surface area contributed by atoms with Crippen molar-refractivity contribution in [2.45, 2.75) is 6.42 Å². The molecule has 3 heteroatoms. The molecule has 0 aromatic heterocycles. The molecule has 0 aromatic rings. The second-order valence-corrected chi connectivity index (χ2v) is 1.00. The predicted octanol–water partition coefficient (Wildman–Crippen LogP) is 0.760. The standard InChI is InChI=1S/C5H6O2.Y/c1-2-5(7)3-4-6;/h3,7H,1-2H2;/q-2;/b5-3+;. The van der Waals surface area contributed by atoms with Gasteiger partial charge in [-0.15, -0.1) is 0 Å². The van der Waals surface area contributed by atoms with Crippen molar-refractivity contribution in [3.8, 4) is 0 Å². The second-order valence-electron chi connectivity index (χ2n) is 1.00. The Morgan fingerprint density at radius 1 is 1.88 bits per heavy atom. The smallest absolute Gasteiger partial charge is 0 e. The van der Waals surface area contributed by atoms with E-state index in [1.807, 2.05) is 0 Å². The van der Waals surface area contributed by atoms with Crippen molar-refractivity contribution in [2.75, 3.05) is 0 Å². The van der Waals surface area contributed by atoms with E-state index >= 15 is 0 Å². The van der Waals surface area contributed by atoms with Crippen molar-refractivity contribution in [2.24, 2.45) is 0 Å². The molecule has 0 aliphatic carbocycles. The van der Waals surface area contributed by atoms with E-state index in [2.05, 4.69) is 6.92 Å². The van der Waals surface area contributed by atoms with E-state index in [-0.39, 0.29) is 44.9 Å². The van der Waals surface area contributed by atoms with Crippen molar-refractivity contribution in [1.29, 1.82) is 0 Å². The zero-order valence-corrected chi connectivity index (χ0v) is 7.26. The SMILES string of the molecule is [CH2-]C/C(O)=C\[C-]=O.[Y]. The van der Waals surface area contributed by atoms with Crippen LogP contribution in [0.2, 0.25) is 0 Å². The number of aliphatic hydroxyl groups is 1. The molecule has 0 saturated heterocycles. The van der Waals surface area contributed by atoms with Gasteiger partial charge in [0.05, 0.1) is 0 Å². The van der Waals surface area contributed by atoms with E-state index in [1.165, 1.54) is 6.29 Å². The van der Waals surface area contributed by atoms with E-state index in [0.29, 0.717) is 0 Å². The molecule has 0 aliphatic heterocycles. The zero-order valence-electron chi connectivity index (χ0n) is 4.42. The topological polar surface area (TPSA) is 37.3 Å². The Labute approximate surface area is 73.8 Å². The second kappa shape index (κ2) is 7.31. The van der Waals surface area contributed by atoms with Gasteiger partial charge < -0.3 is 16.8 Å². The molecule has 1 radical (unpaired) electrons. The molecule has 0 aliphatic rings. The minimum atomic E-state index is -0.0324. The summed E-state index contributed by atoms with van der Waals surface area (Å²) in [5.74, 6) is -0.0324. The number of hydrogen-bond acceptors (Lipinski definition) is 2. The minimum Gasteiger partial charge on any atom is -0.599 e. The van der Waals surface area contributed by atoms with Crippen LogP contribution >= 0.6 is 0 Å². The van der Waals surface area contributed by atoms with Gasteiger partial charge in [0, 0.05) is 32.7 Å². The molecule has 0 heterocycles. The first-order chi connectivity index (χ1) is 3.31. The van der Waals surface area contributed by atoms with Gasteiger partial charge in [0.1, 0.15) is 0 Å². The van der Waals surface area contributed by atoms with Gasteiger partial charge in [-0.1, -0.05) is 5.76 Å². The predicted molar refractivity (Wildman–Crippen MR) is 26.4 cm³/mol. The molecule has 0 rings (SSSR count). The van der Waals surface area contributed by atoms with E-state index < -0.39 is 0 Å². The zero-order chi connectivity index (χ0) is 5.70. The van der Waals surface area contributed by atoms with Gasteiger partial charge in [0.25, 0.3) is 0 Å². The van der Waals surface area contributed by atoms with Crippen LogP contribution in [-0.2, 0) is 37.5 Å². The quantitative estimate of drug-likeness (QED) is 0.393. The van der Waals surface area contributed by atoms with Crippen LogP contribution in [0.5, 0.6) is 0 Å². The van der Waals surface area contributed by atoms with Crippen LogP contribution in [0.25, 0.3) is 0 Å². The summed E-state index contributed by atoms with van der Waals surface area (Å²) in [4.78, 5) is 9.38. The van der Waals surface area contributed by atoms with Crippen molar-refractivity contribution in [1.82, 2.24) is 0 Å². The average molecular weight is 187 g/mol. The Morgan fingerprint density at radius 3 is 2.50 bits per heavy atom. The first-order valence-corrected chi connectivity index (χ1v) is 1.86. The van der Waals surface area contributed by atoms with Gasteiger partial charge in [-0.05, 0) is 6.29 Å². The number of hydrogen-bond donors (Lipinski definition) is 1. The Kier molecular flexibility index (Phi) is 10.2. The molecule has 0 atom stereocenters. The van der Waals surface area contributed by atoms with E-state index in [4.69, 9.17) is 5.11 Å². The Balaban J connectivity index is 0. The van der Waals surface area contributed by atoms with Gasteiger partial charge in [-0.25, -0.2) is 0 Å². The number of rotatable bonds is 2. The fraction of sp³-hybridized carbons (Fsp3) is 0.200. The van der Waals surface area contributed by atoms with Gasteiger partial charge in [0.15, 0.2) is 0 Å². The average Bonchev–Trinajstić information content (AvgIpc) is 1.68. The molecule has 0 fully saturated rings. The molecular weight excluding hydrogens is 181 g/mol. The molecular formula is C5H6O2Y-2. The first kappa shape index (κ1) is 11.2. The molecule has 0 unspecified atom stereocenters. The number of allylic oxidation sites excluding steroid dienone is 2. The maximum Gasteiger partial charge on any atom is 0 e. The molecule has 0 saturated carbocycles. The minimum absolute atomic E-state index is 0. The van der Waals surface area contributed by atoms with Crippen molar-refractivity contribution in [3.05, 3.63) is 18.8 Å².